The molecule has 5 nitrogen and oxygen atoms in total. The van der Waals surface area contributed by atoms with Gasteiger partial charge in [0.1, 0.15) is 12.1 Å². The van der Waals surface area contributed by atoms with E-state index in [2.05, 4.69) is 20.5 Å². The van der Waals surface area contributed by atoms with Crippen LogP contribution in [0.2, 0.25) is 5.02 Å². The van der Waals surface area contributed by atoms with Gasteiger partial charge in [0.2, 0.25) is 0 Å². The zero-order valence-electron chi connectivity index (χ0n) is 8.18. The lowest BCUT2D eigenvalue weighted by Crippen LogP contribution is -2.06. The maximum atomic E-state index is 5.94. The summed E-state index contributed by atoms with van der Waals surface area (Å²) in [7, 11) is 1.89. The van der Waals surface area contributed by atoms with Crippen LogP contribution in [0.3, 0.4) is 0 Å². The van der Waals surface area contributed by atoms with E-state index in [0.29, 0.717) is 17.4 Å². The zero-order chi connectivity index (χ0) is 10.7. The molecule has 0 fully saturated rings. The number of hydrogen-bond acceptors (Lipinski definition) is 4. The minimum absolute atomic E-state index is 0.549. The van der Waals surface area contributed by atoms with Crippen LogP contribution in [0.15, 0.2) is 24.7 Å². The van der Waals surface area contributed by atoms with Gasteiger partial charge in [0.15, 0.2) is 5.82 Å². The highest BCUT2D eigenvalue weighted by Gasteiger charge is 2.03. The second-order valence-corrected chi connectivity index (χ2v) is 3.45. The first-order valence-electron chi connectivity index (χ1n) is 4.44. The van der Waals surface area contributed by atoms with Crippen LogP contribution in [0.1, 0.15) is 5.82 Å². The molecule has 15 heavy (non-hydrogen) atoms. The Balaban J connectivity index is 2.06. The summed E-state index contributed by atoms with van der Waals surface area (Å²) >= 11 is 5.94. The molecule has 0 bridgehead atoms. The second-order valence-electron chi connectivity index (χ2n) is 3.05. The number of pyridine rings is 1. The van der Waals surface area contributed by atoms with Gasteiger partial charge in [-0.05, 0) is 12.1 Å². The Morgan fingerprint density at radius 3 is 3.07 bits per heavy atom. The predicted molar refractivity (Wildman–Crippen MR) is 57.6 cm³/mol. The van der Waals surface area contributed by atoms with Crippen molar-refractivity contribution in [1.82, 2.24) is 19.7 Å². The van der Waals surface area contributed by atoms with E-state index in [1.165, 1.54) is 0 Å². The standard InChI is InChI=1S/C9H10ClN5/c1-15-6-13-14-8(15)5-12-9-7(10)3-2-4-11-9/h2-4,6H,5H2,1H3,(H,11,12). The summed E-state index contributed by atoms with van der Waals surface area (Å²) in [6.45, 7) is 0.549. The van der Waals surface area contributed by atoms with E-state index in [4.69, 9.17) is 11.6 Å². The maximum Gasteiger partial charge on any atom is 0.151 e. The molecule has 2 heterocycles. The summed E-state index contributed by atoms with van der Waals surface area (Å²) < 4.78 is 1.84. The first kappa shape index (κ1) is 9.92. The highest BCUT2D eigenvalue weighted by atomic mass is 35.5. The Hall–Kier alpha value is -1.62. The number of rotatable bonds is 3. The Bertz CT molecular complexity index is 453. The Morgan fingerprint density at radius 2 is 2.40 bits per heavy atom. The maximum absolute atomic E-state index is 5.94. The highest BCUT2D eigenvalue weighted by molar-refractivity contribution is 6.32. The van der Waals surface area contributed by atoms with Crippen molar-refractivity contribution in [2.45, 2.75) is 6.54 Å². The molecule has 0 amide bonds. The van der Waals surface area contributed by atoms with Crippen molar-refractivity contribution in [1.29, 1.82) is 0 Å². The third kappa shape index (κ3) is 2.24. The average Bonchev–Trinajstić information content (AvgIpc) is 2.63. The lowest BCUT2D eigenvalue weighted by atomic mass is 10.4. The van der Waals surface area contributed by atoms with Gasteiger partial charge in [0, 0.05) is 13.2 Å². The van der Waals surface area contributed by atoms with Crippen LogP contribution in [-0.4, -0.2) is 19.7 Å². The summed E-state index contributed by atoms with van der Waals surface area (Å²) in [5.41, 5.74) is 0. The molecule has 2 aromatic rings. The van der Waals surface area contributed by atoms with E-state index < -0.39 is 0 Å². The normalized spacial score (nSPS) is 10.3. The van der Waals surface area contributed by atoms with Crippen LogP contribution in [-0.2, 0) is 13.6 Å². The summed E-state index contributed by atoms with van der Waals surface area (Å²) in [5.74, 6) is 1.49. The first-order valence-corrected chi connectivity index (χ1v) is 4.82. The molecule has 0 aromatic carbocycles. The molecule has 0 saturated carbocycles. The summed E-state index contributed by atoms with van der Waals surface area (Å²) in [6.07, 6.45) is 3.34. The van der Waals surface area contributed by atoms with Gasteiger partial charge in [0.05, 0.1) is 11.6 Å². The lowest BCUT2D eigenvalue weighted by Gasteiger charge is -2.05. The number of halogens is 1. The highest BCUT2D eigenvalue weighted by Crippen LogP contribution is 2.17. The predicted octanol–water partition coefficient (Wildman–Crippen LogP) is 1.48. The molecule has 0 atom stereocenters. The zero-order valence-corrected chi connectivity index (χ0v) is 8.94. The van der Waals surface area contributed by atoms with Gasteiger partial charge >= 0.3 is 0 Å². The van der Waals surface area contributed by atoms with Crippen LogP contribution in [0.25, 0.3) is 0 Å². The molecule has 6 heteroatoms. The third-order valence-corrected chi connectivity index (χ3v) is 2.28. The summed E-state index contributed by atoms with van der Waals surface area (Å²) in [5, 5.41) is 11.4. The quantitative estimate of drug-likeness (QED) is 0.856. The van der Waals surface area contributed by atoms with Crippen molar-refractivity contribution < 1.29 is 0 Å². The molecule has 0 aliphatic rings. The Labute approximate surface area is 92.1 Å². The number of nitrogens with zero attached hydrogens (tertiary/aromatic N) is 4. The number of nitrogens with one attached hydrogen (secondary N) is 1. The minimum atomic E-state index is 0.549. The van der Waals surface area contributed by atoms with Gasteiger partial charge in [-0.3, -0.25) is 0 Å². The van der Waals surface area contributed by atoms with Crippen molar-refractivity contribution in [2.75, 3.05) is 5.32 Å². The van der Waals surface area contributed by atoms with Crippen molar-refractivity contribution in [2.24, 2.45) is 7.05 Å². The van der Waals surface area contributed by atoms with Crippen LogP contribution in [0.5, 0.6) is 0 Å². The van der Waals surface area contributed by atoms with Gasteiger partial charge in [-0.25, -0.2) is 4.98 Å². The van der Waals surface area contributed by atoms with Crippen LogP contribution < -0.4 is 5.32 Å². The molecule has 0 radical (unpaired) electrons. The average molecular weight is 224 g/mol. The van der Waals surface area contributed by atoms with Gasteiger partial charge in [-0.1, -0.05) is 11.6 Å². The Kier molecular flexibility index (Phi) is 2.82. The molecule has 78 valence electrons. The Morgan fingerprint density at radius 1 is 1.53 bits per heavy atom. The first-order chi connectivity index (χ1) is 7.27. The smallest absolute Gasteiger partial charge is 0.151 e. The lowest BCUT2D eigenvalue weighted by molar-refractivity contribution is 0.810. The van der Waals surface area contributed by atoms with E-state index >= 15 is 0 Å². The van der Waals surface area contributed by atoms with Gasteiger partial charge in [0.25, 0.3) is 0 Å². The molecule has 0 unspecified atom stereocenters. The third-order valence-electron chi connectivity index (χ3n) is 1.98. The van der Waals surface area contributed by atoms with E-state index in [-0.39, 0.29) is 0 Å². The molecule has 0 aliphatic heterocycles. The molecule has 0 aliphatic carbocycles. The van der Waals surface area contributed by atoms with Gasteiger partial charge < -0.3 is 9.88 Å². The molecule has 2 aromatic heterocycles. The summed E-state index contributed by atoms with van der Waals surface area (Å²) in [6, 6.07) is 3.57. The number of hydrogen-bond donors (Lipinski definition) is 1. The monoisotopic (exact) mass is 223 g/mol. The van der Waals surface area contributed by atoms with Crippen molar-refractivity contribution in [3.05, 3.63) is 35.5 Å². The van der Waals surface area contributed by atoms with Crippen LogP contribution in [0, 0.1) is 0 Å². The molecular weight excluding hydrogens is 214 g/mol. The minimum Gasteiger partial charge on any atom is -0.362 e. The van der Waals surface area contributed by atoms with E-state index in [0.717, 1.165) is 5.82 Å². The second kappa shape index (κ2) is 4.27. The molecule has 0 saturated heterocycles. The fourth-order valence-electron chi connectivity index (χ4n) is 1.15. The fourth-order valence-corrected chi connectivity index (χ4v) is 1.33. The molecule has 0 spiro atoms. The number of aromatic nitrogens is 4. The number of aryl methyl sites for hydroxylation is 1. The van der Waals surface area contributed by atoms with Gasteiger partial charge in [-0.2, -0.15) is 0 Å². The van der Waals surface area contributed by atoms with Crippen LogP contribution >= 0.6 is 11.6 Å². The van der Waals surface area contributed by atoms with Gasteiger partial charge in [-0.15, -0.1) is 10.2 Å². The largest absolute Gasteiger partial charge is 0.362 e. The molecular formula is C9H10ClN5. The topological polar surface area (TPSA) is 55.6 Å². The van der Waals surface area contributed by atoms with Crippen LogP contribution in [0.4, 0.5) is 5.82 Å². The SMILES string of the molecule is Cn1cnnc1CNc1ncccc1Cl. The van der Waals surface area contributed by atoms with Crippen molar-refractivity contribution in [3.63, 3.8) is 0 Å². The summed E-state index contributed by atoms with van der Waals surface area (Å²) in [4.78, 5) is 4.11. The number of anilines is 1. The van der Waals surface area contributed by atoms with Crippen molar-refractivity contribution in [3.8, 4) is 0 Å². The van der Waals surface area contributed by atoms with Crippen molar-refractivity contribution >= 4 is 17.4 Å². The van der Waals surface area contributed by atoms with E-state index in [9.17, 15) is 0 Å². The van der Waals surface area contributed by atoms with E-state index in [1.54, 1.807) is 24.7 Å². The molecule has 2 rings (SSSR count). The molecule has 1 N–H and O–H groups in total. The van der Waals surface area contributed by atoms with E-state index in [1.807, 2.05) is 11.6 Å². The fraction of sp³-hybridized carbons (Fsp3) is 0.222.